The van der Waals surface area contributed by atoms with Gasteiger partial charge in [0.15, 0.2) is 0 Å². The number of allylic oxidation sites excluding steroid dienone is 3. The van der Waals surface area contributed by atoms with E-state index in [1.54, 1.807) is 18.3 Å². The van der Waals surface area contributed by atoms with Gasteiger partial charge in [-0.2, -0.15) is 0 Å². The monoisotopic (exact) mass is 465 g/mol. The lowest BCUT2D eigenvalue weighted by atomic mass is 9.90. The zero-order valence-corrected chi connectivity index (χ0v) is 19.8. The quantitative estimate of drug-likeness (QED) is 0.492. The third-order valence-corrected chi connectivity index (χ3v) is 6.41. The van der Waals surface area contributed by atoms with Gasteiger partial charge in [-0.05, 0) is 50.6 Å². The molecular formula is C28H27N5O2. The molecule has 5 rings (SSSR count). The molecule has 1 aromatic heterocycles. The molecule has 0 saturated carbocycles. The molecule has 0 radical (unpaired) electrons. The Balaban J connectivity index is 1.27. The van der Waals surface area contributed by atoms with Crippen molar-refractivity contribution in [2.24, 2.45) is 5.92 Å². The molecule has 3 aromatic rings. The van der Waals surface area contributed by atoms with Crippen molar-refractivity contribution in [3.8, 4) is 11.3 Å². The van der Waals surface area contributed by atoms with Gasteiger partial charge in [0.2, 0.25) is 11.9 Å². The molecule has 0 spiro atoms. The van der Waals surface area contributed by atoms with Crippen LogP contribution in [0.15, 0.2) is 78.0 Å². The van der Waals surface area contributed by atoms with E-state index >= 15 is 0 Å². The molecule has 1 aliphatic carbocycles. The zero-order valence-electron chi connectivity index (χ0n) is 19.8. The van der Waals surface area contributed by atoms with Gasteiger partial charge in [-0.25, -0.2) is 9.97 Å². The van der Waals surface area contributed by atoms with Gasteiger partial charge in [0.05, 0.1) is 17.8 Å². The number of fused-ring (bicyclic) bond motifs is 3. The average Bonchev–Trinajstić information content (AvgIpc) is 2.99. The Morgan fingerprint density at radius 2 is 1.91 bits per heavy atom. The summed E-state index contributed by atoms with van der Waals surface area (Å²) in [4.78, 5) is 33.9. The standard InChI is InChI=1S/C28H27N5O2/c1-17-7-8-20(18(2)13-17)15-29-27(35)19-9-11-22(12-10-19)31-28-30-16-21-14-25(34)32-24-6-4-3-5-23(24)26(21)33-28/h3-7,9-13,16,20H,8,14-15H2,1-2H3,(H,29,35)(H,32,34)(H,30,31,33). The maximum atomic E-state index is 12.6. The number of hydrogen-bond donors (Lipinski definition) is 3. The molecule has 1 unspecified atom stereocenters. The molecule has 2 heterocycles. The van der Waals surface area contributed by atoms with E-state index in [0.29, 0.717) is 24.0 Å². The van der Waals surface area contributed by atoms with Gasteiger partial charge in [-0.15, -0.1) is 0 Å². The number of nitrogens with one attached hydrogen (secondary N) is 3. The van der Waals surface area contributed by atoms with Crippen molar-refractivity contribution in [2.45, 2.75) is 26.7 Å². The summed E-state index contributed by atoms with van der Waals surface area (Å²) < 4.78 is 0. The minimum atomic E-state index is -0.0920. The first-order valence-corrected chi connectivity index (χ1v) is 11.7. The molecule has 176 valence electrons. The number of amides is 2. The summed E-state index contributed by atoms with van der Waals surface area (Å²) in [5.41, 5.74) is 7.05. The van der Waals surface area contributed by atoms with E-state index < -0.39 is 0 Å². The fourth-order valence-corrected chi connectivity index (χ4v) is 4.44. The zero-order chi connectivity index (χ0) is 24.4. The molecule has 7 heteroatoms. The number of carbonyl (C=O) groups is 2. The van der Waals surface area contributed by atoms with E-state index in [4.69, 9.17) is 4.98 Å². The Morgan fingerprint density at radius 1 is 1.11 bits per heavy atom. The molecule has 7 nitrogen and oxygen atoms in total. The second kappa shape index (κ2) is 9.54. The number of rotatable bonds is 5. The third kappa shape index (κ3) is 4.99. The summed E-state index contributed by atoms with van der Waals surface area (Å²) in [6, 6.07) is 14.8. The number of hydrogen-bond acceptors (Lipinski definition) is 5. The second-order valence-electron chi connectivity index (χ2n) is 9.02. The summed E-state index contributed by atoms with van der Waals surface area (Å²) in [7, 11) is 0. The van der Waals surface area contributed by atoms with Crippen LogP contribution in [0.5, 0.6) is 0 Å². The van der Waals surface area contributed by atoms with Crippen LogP contribution >= 0.6 is 0 Å². The van der Waals surface area contributed by atoms with Crippen LogP contribution in [0.2, 0.25) is 0 Å². The van der Waals surface area contributed by atoms with Gasteiger partial charge in [-0.1, -0.05) is 41.5 Å². The molecule has 0 saturated heterocycles. The van der Waals surface area contributed by atoms with E-state index in [1.165, 1.54) is 11.1 Å². The normalized spacial score (nSPS) is 16.6. The highest BCUT2D eigenvalue weighted by Gasteiger charge is 2.21. The lowest BCUT2D eigenvalue weighted by molar-refractivity contribution is -0.115. The maximum absolute atomic E-state index is 12.6. The highest BCUT2D eigenvalue weighted by molar-refractivity contribution is 6.00. The molecule has 2 amide bonds. The molecule has 3 N–H and O–H groups in total. The lowest BCUT2D eigenvalue weighted by Gasteiger charge is -2.21. The fraction of sp³-hybridized carbons (Fsp3) is 0.214. The Kier molecular flexibility index (Phi) is 6.14. The van der Waals surface area contributed by atoms with Crippen LogP contribution in [0.4, 0.5) is 17.3 Å². The number of aromatic nitrogens is 2. The summed E-state index contributed by atoms with van der Waals surface area (Å²) in [5, 5.41) is 9.17. The van der Waals surface area contributed by atoms with E-state index in [1.807, 2.05) is 36.4 Å². The summed E-state index contributed by atoms with van der Waals surface area (Å²) >= 11 is 0. The van der Waals surface area contributed by atoms with Crippen molar-refractivity contribution in [2.75, 3.05) is 17.2 Å². The van der Waals surface area contributed by atoms with Crippen LogP contribution in [0.3, 0.4) is 0 Å². The Bertz CT molecular complexity index is 1360. The van der Waals surface area contributed by atoms with Crippen molar-refractivity contribution >= 4 is 29.1 Å². The Morgan fingerprint density at radius 3 is 2.71 bits per heavy atom. The first kappa shape index (κ1) is 22.5. The van der Waals surface area contributed by atoms with Crippen LogP contribution in [-0.2, 0) is 11.2 Å². The van der Waals surface area contributed by atoms with E-state index in [0.717, 1.165) is 34.6 Å². The van der Waals surface area contributed by atoms with Crippen LogP contribution in [0.25, 0.3) is 11.3 Å². The lowest BCUT2D eigenvalue weighted by Crippen LogP contribution is -2.30. The van der Waals surface area contributed by atoms with Crippen molar-refractivity contribution in [1.82, 2.24) is 15.3 Å². The van der Waals surface area contributed by atoms with E-state index in [2.05, 4.69) is 46.9 Å². The highest BCUT2D eigenvalue weighted by Crippen LogP contribution is 2.32. The van der Waals surface area contributed by atoms with Crippen molar-refractivity contribution in [3.05, 3.63) is 89.2 Å². The second-order valence-corrected chi connectivity index (χ2v) is 9.02. The van der Waals surface area contributed by atoms with Gasteiger partial charge in [-0.3, -0.25) is 9.59 Å². The minimum Gasteiger partial charge on any atom is -0.351 e. The third-order valence-electron chi connectivity index (χ3n) is 6.41. The van der Waals surface area contributed by atoms with Gasteiger partial charge >= 0.3 is 0 Å². The van der Waals surface area contributed by atoms with Crippen molar-refractivity contribution in [3.63, 3.8) is 0 Å². The maximum Gasteiger partial charge on any atom is 0.251 e. The van der Waals surface area contributed by atoms with Crippen LogP contribution < -0.4 is 16.0 Å². The smallest absolute Gasteiger partial charge is 0.251 e. The number of anilines is 3. The Labute approximate surface area is 204 Å². The van der Waals surface area contributed by atoms with Gasteiger partial charge in [0.25, 0.3) is 5.91 Å². The summed E-state index contributed by atoms with van der Waals surface area (Å²) in [5.74, 6) is 0.582. The molecule has 0 fully saturated rings. The fourth-order valence-electron chi connectivity index (χ4n) is 4.44. The Hall–Kier alpha value is -4.26. The number of para-hydroxylation sites is 1. The van der Waals surface area contributed by atoms with Crippen molar-refractivity contribution < 1.29 is 9.59 Å². The molecule has 1 atom stereocenters. The van der Waals surface area contributed by atoms with E-state index in [-0.39, 0.29) is 18.2 Å². The number of benzene rings is 2. The molecule has 0 bridgehead atoms. The van der Waals surface area contributed by atoms with E-state index in [9.17, 15) is 9.59 Å². The predicted octanol–water partition coefficient (Wildman–Crippen LogP) is 5.02. The number of nitrogens with zero attached hydrogens (tertiary/aromatic N) is 2. The average molecular weight is 466 g/mol. The highest BCUT2D eigenvalue weighted by atomic mass is 16.2. The van der Waals surface area contributed by atoms with Gasteiger partial charge in [0, 0.05) is 41.0 Å². The topological polar surface area (TPSA) is 96.0 Å². The largest absolute Gasteiger partial charge is 0.351 e. The molecule has 2 aromatic carbocycles. The first-order chi connectivity index (χ1) is 17.0. The van der Waals surface area contributed by atoms with Gasteiger partial charge in [0.1, 0.15) is 0 Å². The van der Waals surface area contributed by atoms with Crippen LogP contribution in [0.1, 0.15) is 36.2 Å². The molecule has 2 aliphatic rings. The SMILES string of the molecule is CC1=CCC(CNC(=O)c2ccc(Nc3ncc4c(n3)-c3ccccc3NC(=O)C4)cc2)C(C)=C1. The summed E-state index contributed by atoms with van der Waals surface area (Å²) in [6.45, 7) is 4.83. The first-order valence-electron chi connectivity index (χ1n) is 11.7. The van der Waals surface area contributed by atoms with Crippen LogP contribution in [0, 0.1) is 5.92 Å². The molecule has 35 heavy (non-hydrogen) atoms. The molecule has 1 aliphatic heterocycles. The summed E-state index contributed by atoms with van der Waals surface area (Å²) in [6.07, 6.45) is 7.25. The van der Waals surface area contributed by atoms with Crippen molar-refractivity contribution in [1.29, 1.82) is 0 Å². The molecular weight excluding hydrogens is 438 g/mol. The minimum absolute atomic E-state index is 0.0874. The predicted molar refractivity (Wildman–Crippen MR) is 137 cm³/mol. The van der Waals surface area contributed by atoms with Gasteiger partial charge < -0.3 is 16.0 Å². The van der Waals surface area contributed by atoms with Crippen LogP contribution in [-0.4, -0.2) is 28.3 Å². The number of carbonyl (C=O) groups excluding carboxylic acids is 2.